The smallest absolute Gasteiger partial charge is 0.147 e. The zero-order chi connectivity index (χ0) is 13.1. The van der Waals surface area contributed by atoms with Crippen LogP contribution in [0.15, 0.2) is 18.2 Å². The predicted octanol–water partition coefficient (Wildman–Crippen LogP) is 1.42. The molecule has 0 amide bonds. The zero-order valence-electron chi connectivity index (χ0n) is 9.28. The summed E-state index contributed by atoms with van der Waals surface area (Å²) in [6.07, 6.45) is 1.37. The van der Waals surface area contributed by atoms with Gasteiger partial charge in [0.2, 0.25) is 0 Å². The number of sulfone groups is 1. The second kappa shape index (κ2) is 5.77. The molecule has 1 aromatic carbocycles. The average molecular weight is 281 g/mol. The van der Waals surface area contributed by atoms with Gasteiger partial charge >= 0.3 is 0 Å². The molecular formula is C10H14ClFN2O2S. The van der Waals surface area contributed by atoms with Crippen LogP contribution in [0.25, 0.3) is 0 Å². The van der Waals surface area contributed by atoms with E-state index in [-0.39, 0.29) is 17.2 Å². The molecule has 1 atom stereocenters. The molecule has 0 bridgehead atoms. The Morgan fingerprint density at radius 1 is 1.53 bits per heavy atom. The molecule has 3 N–H and O–H groups in total. The Bertz CT molecular complexity index is 493. The maximum Gasteiger partial charge on any atom is 0.147 e. The van der Waals surface area contributed by atoms with Crippen molar-refractivity contribution in [1.82, 2.24) is 5.43 Å². The number of hydrazine groups is 1. The topological polar surface area (TPSA) is 72.2 Å². The normalized spacial score (nSPS) is 13.6. The van der Waals surface area contributed by atoms with Crippen LogP contribution in [-0.2, 0) is 9.84 Å². The van der Waals surface area contributed by atoms with E-state index in [9.17, 15) is 12.8 Å². The van der Waals surface area contributed by atoms with Crippen molar-refractivity contribution in [2.75, 3.05) is 12.0 Å². The summed E-state index contributed by atoms with van der Waals surface area (Å²) in [6, 6.07) is 3.85. The molecular weight excluding hydrogens is 267 g/mol. The highest BCUT2D eigenvalue weighted by atomic mass is 35.5. The van der Waals surface area contributed by atoms with E-state index in [1.54, 1.807) is 6.07 Å². The Balaban J connectivity index is 2.90. The molecule has 0 fully saturated rings. The first-order valence-electron chi connectivity index (χ1n) is 4.93. The fourth-order valence-electron chi connectivity index (χ4n) is 1.45. The largest absolute Gasteiger partial charge is 0.271 e. The Morgan fingerprint density at radius 2 is 2.18 bits per heavy atom. The van der Waals surface area contributed by atoms with Crippen molar-refractivity contribution in [2.45, 2.75) is 12.5 Å². The molecule has 0 aromatic heterocycles. The minimum atomic E-state index is -3.09. The summed E-state index contributed by atoms with van der Waals surface area (Å²) < 4.78 is 35.3. The summed E-state index contributed by atoms with van der Waals surface area (Å²) in [4.78, 5) is 0. The van der Waals surface area contributed by atoms with E-state index in [4.69, 9.17) is 17.4 Å². The van der Waals surface area contributed by atoms with Crippen molar-refractivity contribution in [1.29, 1.82) is 0 Å². The van der Waals surface area contributed by atoms with Crippen LogP contribution in [0.5, 0.6) is 0 Å². The third-order valence-corrected chi connectivity index (χ3v) is 3.71. The number of benzene rings is 1. The molecule has 0 aliphatic carbocycles. The second-order valence-corrected chi connectivity index (χ2v) is 6.42. The Kier molecular flexibility index (Phi) is 4.88. The molecule has 1 aromatic rings. The molecule has 1 unspecified atom stereocenters. The molecule has 17 heavy (non-hydrogen) atoms. The quantitative estimate of drug-likeness (QED) is 0.632. The minimum absolute atomic E-state index is 0.0380. The summed E-state index contributed by atoms with van der Waals surface area (Å²) in [5, 5.41) is -0.0380. The van der Waals surface area contributed by atoms with Crippen molar-refractivity contribution in [3.05, 3.63) is 34.6 Å². The lowest BCUT2D eigenvalue weighted by Crippen LogP contribution is -2.30. The molecule has 7 heteroatoms. The van der Waals surface area contributed by atoms with E-state index in [1.165, 1.54) is 12.1 Å². The maximum absolute atomic E-state index is 13.2. The Morgan fingerprint density at radius 3 is 2.71 bits per heavy atom. The zero-order valence-corrected chi connectivity index (χ0v) is 10.9. The monoisotopic (exact) mass is 280 g/mol. The molecule has 4 nitrogen and oxygen atoms in total. The van der Waals surface area contributed by atoms with Crippen molar-refractivity contribution in [3.8, 4) is 0 Å². The number of nitrogens with two attached hydrogens (primary N) is 1. The summed E-state index contributed by atoms with van der Waals surface area (Å²) in [5.74, 6) is 4.73. The lowest BCUT2D eigenvalue weighted by atomic mass is 10.1. The molecule has 96 valence electrons. The minimum Gasteiger partial charge on any atom is -0.271 e. The molecule has 0 aliphatic heterocycles. The first-order valence-corrected chi connectivity index (χ1v) is 7.36. The van der Waals surface area contributed by atoms with Crippen LogP contribution >= 0.6 is 11.6 Å². The van der Waals surface area contributed by atoms with E-state index in [1.807, 2.05) is 0 Å². The van der Waals surface area contributed by atoms with Crippen molar-refractivity contribution >= 4 is 21.4 Å². The van der Waals surface area contributed by atoms with Gasteiger partial charge in [-0.05, 0) is 18.1 Å². The molecule has 0 heterocycles. The highest BCUT2D eigenvalue weighted by Crippen LogP contribution is 2.27. The van der Waals surface area contributed by atoms with Gasteiger partial charge in [0.25, 0.3) is 0 Å². The second-order valence-electron chi connectivity index (χ2n) is 3.78. The SMILES string of the molecule is CS(=O)(=O)CCC(NN)c1cccc(F)c1Cl. The molecule has 0 spiro atoms. The third-order valence-electron chi connectivity index (χ3n) is 2.34. The molecule has 0 saturated carbocycles. The van der Waals surface area contributed by atoms with Crippen molar-refractivity contribution < 1.29 is 12.8 Å². The maximum atomic E-state index is 13.2. The lowest BCUT2D eigenvalue weighted by molar-refractivity contribution is 0.526. The molecule has 0 aliphatic rings. The van der Waals surface area contributed by atoms with Gasteiger partial charge in [-0.15, -0.1) is 0 Å². The number of halogens is 2. The Labute approximate surface area is 105 Å². The summed E-state index contributed by atoms with van der Waals surface area (Å²) in [5.41, 5.74) is 2.90. The van der Waals surface area contributed by atoms with Gasteiger partial charge in [-0.1, -0.05) is 23.7 Å². The summed E-state index contributed by atoms with van der Waals surface area (Å²) >= 11 is 5.80. The van der Waals surface area contributed by atoms with E-state index >= 15 is 0 Å². The first-order chi connectivity index (χ1) is 7.85. The van der Waals surface area contributed by atoms with E-state index in [0.717, 1.165) is 6.26 Å². The van der Waals surface area contributed by atoms with E-state index in [0.29, 0.717) is 5.56 Å². The number of nitrogens with one attached hydrogen (secondary N) is 1. The van der Waals surface area contributed by atoms with Crippen molar-refractivity contribution in [2.24, 2.45) is 5.84 Å². The van der Waals surface area contributed by atoms with Crippen LogP contribution in [0.4, 0.5) is 4.39 Å². The lowest BCUT2D eigenvalue weighted by Gasteiger charge is -2.17. The van der Waals surface area contributed by atoms with Crippen molar-refractivity contribution in [3.63, 3.8) is 0 Å². The van der Waals surface area contributed by atoms with Gasteiger partial charge < -0.3 is 0 Å². The fourth-order valence-corrected chi connectivity index (χ4v) is 2.37. The highest BCUT2D eigenvalue weighted by molar-refractivity contribution is 7.90. The van der Waals surface area contributed by atoms with Crippen LogP contribution in [0.2, 0.25) is 5.02 Å². The third kappa shape index (κ3) is 4.23. The average Bonchev–Trinajstić information content (AvgIpc) is 2.23. The predicted molar refractivity (Wildman–Crippen MR) is 65.8 cm³/mol. The number of hydrogen-bond donors (Lipinski definition) is 2. The van der Waals surface area contributed by atoms with E-state index < -0.39 is 21.7 Å². The van der Waals surface area contributed by atoms with Gasteiger partial charge in [0.1, 0.15) is 15.7 Å². The van der Waals surface area contributed by atoms with Gasteiger partial charge in [0, 0.05) is 12.3 Å². The van der Waals surface area contributed by atoms with Crippen LogP contribution in [0.3, 0.4) is 0 Å². The van der Waals surface area contributed by atoms with Crippen LogP contribution in [-0.4, -0.2) is 20.4 Å². The van der Waals surface area contributed by atoms with Gasteiger partial charge in [-0.25, -0.2) is 12.8 Å². The molecule has 1 rings (SSSR count). The fraction of sp³-hybridized carbons (Fsp3) is 0.400. The molecule has 0 saturated heterocycles. The van der Waals surface area contributed by atoms with Gasteiger partial charge in [0.05, 0.1) is 10.8 Å². The standard InChI is InChI=1S/C10H14ClFN2O2S/c1-17(15,16)6-5-9(14-13)7-3-2-4-8(12)10(7)11/h2-4,9,14H,5-6,13H2,1H3. The van der Waals surface area contributed by atoms with Crippen LogP contribution < -0.4 is 11.3 Å². The number of rotatable bonds is 5. The molecule has 0 radical (unpaired) electrons. The van der Waals surface area contributed by atoms with Gasteiger partial charge in [-0.3, -0.25) is 11.3 Å². The van der Waals surface area contributed by atoms with Crippen LogP contribution in [0, 0.1) is 5.82 Å². The highest BCUT2D eigenvalue weighted by Gasteiger charge is 2.17. The summed E-state index contributed by atoms with van der Waals surface area (Å²) in [6.45, 7) is 0. The summed E-state index contributed by atoms with van der Waals surface area (Å²) in [7, 11) is -3.09. The van der Waals surface area contributed by atoms with Gasteiger partial charge in [0.15, 0.2) is 0 Å². The van der Waals surface area contributed by atoms with Gasteiger partial charge in [-0.2, -0.15) is 0 Å². The first kappa shape index (κ1) is 14.4. The van der Waals surface area contributed by atoms with Crippen LogP contribution in [0.1, 0.15) is 18.0 Å². The number of hydrogen-bond acceptors (Lipinski definition) is 4. The van der Waals surface area contributed by atoms with E-state index in [2.05, 4.69) is 5.43 Å². The Hall–Kier alpha value is -0.690.